The second kappa shape index (κ2) is 5.94. The van der Waals surface area contributed by atoms with Gasteiger partial charge in [-0.25, -0.2) is 0 Å². The van der Waals surface area contributed by atoms with Crippen LogP contribution in [0.2, 0.25) is 0 Å². The average molecular weight is 322 g/mol. The van der Waals surface area contributed by atoms with Crippen molar-refractivity contribution in [2.45, 2.75) is 19.8 Å². The minimum absolute atomic E-state index is 0.321. The third-order valence-electron chi connectivity index (χ3n) is 4.00. The van der Waals surface area contributed by atoms with Crippen molar-refractivity contribution in [3.8, 4) is 6.07 Å². The van der Waals surface area contributed by atoms with E-state index in [2.05, 4.69) is 46.2 Å². The summed E-state index contributed by atoms with van der Waals surface area (Å²) < 4.78 is 1.00. The molecule has 0 spiro atoms. The van der Waals surface area contributed by atoms with Crippen LogP contribution in [0, 0.1) is 16.7 Å². The zero-order valence-corrected chi connectivity index (χ0v) is 13.1. The summed E-state index contributed by atoms with van der Waals surface area (Å²) in [6.07, 6.45) is 2.40. The molecule has 0 aliphatic carbocycles. The molecule has 0 aromatic heterocycles. The van der Waals surface area contributed by atoms with Crippen molar-refractivity contribution in [2.24, 2.45) is 5.41 Å². The highest BCUT2D eigenvalue weighted by Gasteiger charge is 2.28. The van der Waals surface area contributed by atoms with Crippen LogP contribution >= 0.6 is 15.9 Å². The predicted molar refractivity (Wildman–Crippen MR) is 82.2 cm³/mol. The molecule has 1 fully saturated rings. The summed E-state index contributed by atoms with van der Waals surface area (Å²) in [5.74, 6) is 0. The van der Waals surface area contributed by atoms with E-state index in [1.807, 2.05) is 18.2 Å². The van der Waals surface area contributed by atoms with Gasteiger partial charge >= 0.3 is 0 Å². The van der Waals surface area contributed by atoms with Crippen LogP contribution in [0.15, 0.2) is 22.7 Å². The number of hydrogen-bond acceptors (Lipinski definition) is 3. The molecule has 3 nitrogen and oxygen atoms in total. The van der Waals surface area contributed by atoms with Crippen LogP contribution in [0.25, 0.3) is 0 Å². The van der Waals surface area contributed by atoms with Gasteiger partial charge in [-0.1, -0.05) is 22.9 Å². The van der Waals surface area contributed by atoms with Crippen LogP contribution in [0.5, 0.6) is 0 Å². The van der Waals surface area contributed by atoms with E-state index in [4.69, 9.17) is 5.26 Å². The quantitative estimate of drug-likeness (QED) is 0.926. The van der Waals surface area contributed by atoms with Gasteiger partial charge < -0.3 is 10.2 Å². The fraction of sp³-hybridized carbons (Fsp3) is 0.533. The van der Waals surface area contributed by atoms with Crippen molar-refractivity contribution in [2.75, 3.05) is 32.0 Å². The third kappa shape index (κ3) is 3.71. The maximum atomic E-state index is 9.13. The van der Waals surface area contributed by atoms with E-state index < -0.39 is 0 Å². The summed E-state index contributed by atoms with van der Waals surface area (Å²) in [7, 11) is 2.18. The third-order valence-corrected chi connectivity index (χ3v) is 4.50. The number of nitriles is 1. The highest BCUT2D eigenvalue weighted by molar-refractivity contribution is 9.10. The summed E-state index contributed by atoms with van der Waals surface area (Å²) in [5.41, 5.74) is 1.96. The van der Waals surface area contributed by atoms with Gasteiger partial charge in [0.25, 0.3) is 0 Å². The van der Waals surface area contributed by atoms with Crippen LogP contribution in [-0.4, -0.2) is 31.6 Å². The second-order valence-corrected chi connectivity index (χ2v) is 6.68. The minimum Gasteiger partial charge on any atom is -0.383 e. The number of piperidine rings is 1. The summed E-state index contributed by atoms with van der Waals surface area (Å²) in [5, 5.41) is 12.6. The van der Waals surface area contributed by atoms with Crippen molar-refractivity contribution in [1.82, 2.24) is 4.90 Å². The van der Waals surface area contributed by atoms with E-state index >= 15 is 0 Å². The molecule has 1 aromatic carbocycles. The lowest BCUT2D eigenvalue weighted by Crippen LogP contribution is -2.40. The minimum atomic E-state index is 0.321. The van der Waals surface area contributed by atoms with E-state index in [0.29, 0.717) is 11.0 Å². The number of likely N-dealkylation sites (tertiary alicyclic amines) is 1. The molecule has 0 saturated carbocycles. The Balaban J connectivity index is 2.03. The largest absolute Gasteiger partial charge is 0.383 e. The Hall–Kier alpha value is -1.05. The summed E-state index contributed by atoms with van der Waals surface area (Å²) in [6.45, 7) is 5.56. The van der Waals surface area contributed by atoms with Gasteiger partial charge in [0.2, 0.25) is 0 Å². The van der Waals surface area contributed by atoms with Crippen molar-refractivity contribution in [3.05, 3.63) is 28.2 Å². The number of nitrogens with one attached hydrogen (secondary N) is 1. The molecular formula is C15H20BrN3. The fourth-order valence-electron chi connectivity index (χ4n) is 2.40. The Morgan fingerprint density at radius 1 is 1.42 bits per heavy atom. The molecule has 0 bridgehead atoms. The summed E-state index contributed by atoms with van der Waals surface area (Å²) in [6, 6.07) is 7.98. The Labute approximate surface area is 123 Å². The van der Waals surface area contributed by atoms with Crippen molar-refractivity contribution < 1.29 is 0 Å². The average Bonchev–Trinajstić information content (AvgIpc) is 2.41. The normalized spacial score (nSPS) is 18.8. The first kappa shape index (κ1) is 14.4. The molecule has 0 amide bonds. The lowest BCUT2D eigenvalue weighted by molar-refractivity contribution is 0.150. The number of hydrogen-bond donors (Lipinski definition) is 1. The molecule has 0 radical (unpaired) electrons. The number of rotatable bonds is 3. The molecule has 1 N–H and O–H groups in total. The van der Waals surface area contributed by atoms with Crippen LogP contribution in [0.4, 0.5) is 5.69 Å². The molecule has 1 aliphatic rings. The van der Waals surface area contributed by atoms with E-state index in [-0.39, 0.29) is 0 Å². The SMILES string of the molecule is CN1CCC(C)(CNc2cc(Br)ccc2C#N)CC1. The van der Waals surface area contributed by atoms with Crippen molar-refractivity contribution in [1.29, 1.82) is 5.26 Å². The lowest BCUT2D eigenvalue weighted by atomic mass is 9.80. The lowest BCUT2D eigenvalue weighted by Gasteiger charge is -2.38. The number of anilines is 1. The molecule has 1 saturated heterocycles. The zero-order valence-electron chi connectivity index (χ0n) is 11.5. The standard InChI is InChI=1S/C15H20BrN3/c1-15(5-7-19(2)8-6-15)11-18-14-9-13(16)4-3-12(14)10-17/h3-4,9,18H,5-8,11H2,1-2H3. The highest BCUT2D eigenvalue weighted by atomic mass is 79.9. The van der Waals surface area contributed by atoms with E-state index in [9.17, 15) is 0 Å². The first-order chi connectivity index (χ1) is 9.02. The number of halogens is 1. The molecule has 1 aromatic rings. The van der Waals surface area contributed by atoms with E-state index in [0.717, 1.165) is 29.8 Å². The van der Waals surface area contributed by atoms with Crippen LogP contribution in [0.1, 0.15) is 25.3 Å². The monoisotopic (exact) mass is 321 g/mol. The van der Waals surface area contributed by atoms with Gasteiger partial charge in [0.05, 0.1) is 11.3 Å². The highest BCUT2D eigenvalue weighted by Crippen LogP contribution is 2.31. The Kier molecular flexibility index (Phi) is 4.49. The van der Waals surface area contributed by atoms with Gasteiger partial charge in [0.1, 0.15) is 6.07 Å². The Morgan fingerprint density at radius 3 is 2.74 bits per heavy atom. The molecule has 2 rings (SSSR count). The van der Waals surface area contributed by atoms with Gasteiger partial charge in [-0.15, -0.1) is 0 Å². The maximum absolute atomic E-state index is 9.13. The van der Waals surface area contributed by atoms with E-state index in [1.54, 1.807) is 0 Å². The van der Waals surface area contributed by atoms with Gasteiger partial charge in [-0.05, 0) is 56.6 Å². The van der Waals surface area contributed by atoms with Gasteiger partial charge in [0, 0.05) is 11.0 Å². The molecule has 1 aliphatic heterocycles. The van der Waals surface area contributed by atoms with Gasteiger partial charge in [-0.2, -0.15) is 5.26 Å². The first-order valence-corrected chi connectivity index (χ1v) is 7.44. The molecule has 102 valence electrons. The second-order valence-electron chi connectivity index (χ2n) is 5.77. The van der Waals surface area contributed by atoms with Crippen molar-refractivity contribution in [3.63, 3.8) is 0 Å². The first-order valence-electron chi connectivity index (χ1n) is 6.64. The fourth-order valence-corrected chi connectivity index (χ4v) is 2.77. The Bertz CT molecular complexity index is 485. The Morgan fingerprint density at radius 2 is 2.11 bits per heavy atom. The zero-order chi connectivity index (χ0) is 13.9. The van der Waals surface area contributed by atoms with Crippen LogP contribution < -0.4 is 5.32 Å². The maximum Gasteiger partial charge on any atom is 0.101 e. The van der Waals surface area contributed by atoms with Crippen molar-refractivity contribution >= 4 is 21.6 Å². The van der Waals surface area contributed by atoms with Crippen LogP contribution in [-0.2, 0) is 0 Å². The molecular weight excluding hydrogens is 302 g/mol. The molecule has 0 unspecified atom stereocenters. The summed E-state index contributed by atoms with van der Waals surface area (Å²) >= 11 is 3.46. The molecule has 19 heavy (non-hydrogen) atoms. The van der Waals surface area contributed by atoms with E-state index in [1.165, 1.54) is 12.8 Å². The predicted octanol–water partition coefficient (Wildman–Crippen LogP) is 3.46. The molecule has 1 heterocycles. The van der Waals surface area contributed by atoms with Gasteiger partial charge in [0.15, 0.2) is 0 Å². The topological polar surface area (TPSA) is 39.1 Å². The number of benzene rings is 1. The van der Waals surface area contributed by atoms with Gasteiger partial charge in [-0.3, -0.25) is 0 Å². The molecule has 0 atom stereocenters. The smallest absolute Gasteiger partial charge is 0.101 e. The number of nitrogens with zero attached hydrogens (tertiary/aromatic N) is 2. The van der Waals surface area contributed by atoms with Crippen LogP contribution in [0.3, 0.4) is 0 Å². The summed E-state index contributed by atoms with van der Waals surface area (Å²) in [4.78, 5) is 2.38. The molecule has 4 heteroatoms.